The van der Waals surface area contributed by atoms with Crippen molar-refractivity contribution in [3.8, 4) is 0 Å². The number of nitrogens with one attached hydrogen (secondary N) is 1. The number of anilines is 1. The molecule has 1 aromatic heterocycles. The molecule has 2 bridgehead atoms. The Morgan fingerprint density at radius 2 is 1.90 bits per heavy atom. The van der Waals surface area contributed by atoms with Crippen LogP contribution in [0.15, 0.2) is 24.5 Å². The average molecular weight is 265 g/mol. The maximum absolute atomic E-state index is 4.50. The molecule has 0 amide bonds. The van der Waals surface area contributed by atoms with Crippen LogP contribution in [-0.4, -0.2) is 16.0 Å². The molecule has 3 fully saturated rings. The minimum atomic E-state index is 0.680. The fourth-order valence-corrected chi connectivity index (χ4v) is 4.96. The summed E-state index contributed by atoms with van der Waals surface area (Å²) in [5.41, 5.74) is 2.31. The summed E-state index contributed by atoms with van der Waals surface area (Å²) in [5, 5.41) is 4.91. The summed E-state index contributed by atoms with van der Waals surface area (Å²) in [6, 6.07) is 7.09. The second kappa shape index (κ2) is 3.72. The largest absolute Gasteiger partial charge is 0.366 e. The Balaban J connectivity index is 1.49. The Labute approximate surface area is 118 Å². The molecule has 20 heavy (non-hydrogen) atoms. The molecule has 0 radical (unpaired) electrons. The van der Waals surface area contributed by atoms with E-state index in [-0.39, 0.29) is 0 Å². The van der Waals surface area contributed by atoms with Gasteiger partial charge in [0.05, 0.1) is 5.52 Å². The van der Waals surface area contributed by atoms with Gasteiger partial charge in [-0.05, 0) is 62.0 Å². The van der Waals surface area contributed by atoms with Gasteiger partial charge in [0, 0.05) is 11.4 Å². The SMILES string of the molecule is Cc1ccc2ncnc(NC3C4C5CCC(C5)C34)c2c1. The number of hydrogen-bond donors (Lipinski definition) is 1. The van der Waals surface area contributed by atoms with Gasteiger partial charge in [-0.15, -0.1) is 0 Å². The first kappa shape index (κ1) is 11.1. The van der Waals surface area contributed by atoms with E-state index in [9.17, 15) is 0 Å². The highest BCUT2D eigenvalue weighted by atomic mass is 15.1. The number of hydrogen-bond acceptors (Lipinski definition) is 3. The van der Waals surface area contributed by atoms with E-state index in [1.807, 2.05) is 0 Å². The van der Waals surface area contributed by atoms with E-state index in [0.717, 1.165) is 35.0 Å². The highest BCUT2D eigenvalue weighted by Crippen LogP contribution is 2.66. The second-order valence-corrected chi connectivity index (χ2v) is 6.90. The van der Waals surface area contributed by atoms with Gasteiger partial charge >= 0.3 is 0 Å². The van der Waals surface area contributed by atoms with Crippen LogP contribution in [0.5, 0.6) is 0 Å². The monoisotopic (exact) mass is 265 g/mol. The average Bonchev–Trinajstić information content (AvgIpc) is 2.84. The van der Waals surface area contributed by atoms with E-state index in [1.165, 1.54) is 30.2 Å². The van der Waals surface area contributed by atoms with Gasteiger partial charge in [-0.2, -0.15) is 0 Å². The zero-order chi connectivity index (χ0) is 13.3. The van der Waals surface area contributed by atoms with Crippen LogP contribution in [0.1, 0.15) is 24.8 Å². The van der Waals surface area contributed by atoms with Crippen molar-refractivity contribution in [1.29, 1.82) is 0 Å². The standard InChI is InChI=1S/C17H19N3/c1-9-2-5-13-12(6-9)17(19-8-18-13)20-16-14-10-3-4-11(7-10)15(14)16/h2,5-6,8,10-11,14-16H,3-4,7H2,1H3,(H,18,19,20). The maximum atomic E-state index is 4.50. The molecule has 0 spiro atoms. The minimum Gasteiger partial charge on any atom is -0.366 e. The molecule has 0 saturated heterocycles. The lowest BCUT2D eigenvalue weighted by atomic mass is 10.0. The zero-order valence-electron chi connectivity index (χ0n) is 11.7. The molecule has 5 rings (SSSR count). The molecule has 2 aromatic rings. The normalized spacial score (nSPS) is 37.1. The predicted octanol–water partition coefficient (Wildman–Crippen LogP) is 3.39. The van der Waals surface area contributed by atoms with E-state index < -0.39 is 0 Å². The molecule has 1 N–H and O–H groups in total. The number of rotatable bonds is 2. The van der Waals surface area contributed by atoms with Crippen LogP contribution in [-0.2, 0) is 0 Å². The van der Waals surface area contributed by atoms with Gasteiger partial charge < -0.3 is 5.32 Å². The van der Waals surface area contributed by atoms with Crippen molar-refractivity contribution in [3.05, 3.63) is 30.1 Å². The van der Waals surface area contributed by atoms with Crippen molar-refractivity contribution in [2.75, 3.05) is 5.32 Å². The van der Waals surface area contributed by atoms with Crippen LogP contribution in [0.4, 0.5) is 5.82 Å². The van der Waals surface area contributed by atoms with E-state index in [1.54, 1.807) is 6.33 Å². The molecular weight excluding hydrogens is 246 g/mol. The van der Waals surface area contributed by atoms with Crippen molar-refractivity contribution in [2.45, 2.75) is 32.2 Å². The molecule has 3 heteroatoms. The van der Waals surface area contributed by atoms with Crippen LogP contribution in [0.2, 0.25) is 0 Å². The second-order valence-electron chi connectivity index (χ2n) is 6.90. The highest BCUT2D eigenvalue weighted by molar-refractivity contribution is 5.89. The molecular formula is C17H19N3. The third kappa shape index (κ3) is 1.41. The van der Waals surface area contributed by atoms with Crippen LogP contribution < -0.4 is 5.32 Å². The molecule has 3 nitrogen and oxygen atoms in total. The first-order valence-electron chi connectivity index (χ1n) is 7.79. The third-order valence-electron chi connectivity index (χ3n) is 5.83. The van der Waals surface area contributed by atoms with Crippen LogP contribution in [0.3, 0.4) is 0 Å². The third-order valence-corrected chi connectivity index (χ3v) is 5.83. The predicted molar refractivity (Wildman–Crippen MR) is 79.5 cm³/mol. The van der Waals surface area contributed by atoms with Crippen LogP contribution in [0, 0.1) is 30.6 Å². The summed E-state index contributed by atoms with van der Waals surface area (Å²) in [5.74, 6) is 4.90. The van der Waals surface area contributed by atoms with Gasteiger partial charge in [-0.3, -0.25) is 0 Å². The Bertz CT molecular complexity index is 680. The molecule has 4 unspecified atom stereocenters. The van der Waals surface area contributed by atoms with Gasteiger partial charge in [0.15, 0.2) is 0 Å². The van der Waals surface area contributed by atoms with Crippen LogP contribution in [0.25, 0.3) is 10.9 Å². The van der Waals surface area contributed by atoms with Gasteiger partial charge in [0.2, 0.25) is 0 Å². The Morgan fingerprint density at radius 1 is 1.10 bits per heavy atom. The lowest BCUT2D eigenvalue weighted by Crippen LogP contribution is -2.14. The fourth-order valence-electron chi connectivity index (χ4n) is 4.96. The zero-order valence-corrected chi connectivity index (χ0v) is 11.7. The fraction of sp³-hybridized carbons (Fsp3) is 0.529. The van der Waals surface area contributed by atoms with Gasteiger partial charge in [-0.25, -0.2) is 9.97 Å². The summed E-state index contributed by atoms with van der Waals surface area (Å²) in [6.45, 7) is 2.13. The summed E-state index contributed by atoms with van der Waals surface area (Å²) in [7, 11) is 0. The topological polar surface area (TPSA) is 37.8 Å². The Morgan fingerprint density at radius 3 is 2.70 bits per heavy atom. The molecule has 3 aliphatic carbocycles. The number of nitrogens with zero attached hydrogens (tertiary/aromatic N) is 2. The van der Waals surface area contributed by atoms with Crippen LogP contribution >= 0.6 is 0 Å². The molecule has 4 atom stereocenters. The Kier molecular flexibility index (Phi) is 2.06. The van der Waals surface area contributed by atoms with E-state index >= 15 is 0 Å². The number of fused-ring (bicyclic) bond motifs is 6. The van der Waals surface area contributed by atoms with E-state index in [4.69, 9.17) is 0 Å². The summed E-state index contributed by atoms with van der Waals surface area (Å²) in [6.07, 6.45) is 6.12. The van der Waals surface area contributed by atoms with E-state index in [2.05, 4.69) is 40.4 Å². The molecule has 3 aliphatic rings. The molecule has 1 heterocycles. The highest BCUT2D eigenvalue weighted by Gasteiger charge is 2.65. The van der Waals surface area contributed by atoms with Crippen molar-refractivity contribution in [1.82, 2.24) is 9.97 Å². The molecule has 3 saturated carbocycles. The summed E-state index contributed by atoms with van der Waals surface area (Å²) >= 11 is 0. The van der Waals surface area contributed by atoms with Crippen molar-refractivity contribution in [2.24, 2.45) is 23.7 Å². The van der Waals surface area contributed by atoms with Crippen molar-refractivity contribution >= 4 is 16.7 Å². The molecule has 0 aliphatic heterocycles. The number of aromatic nitrogens is 2. The van der Waals surface area contributed by atoms with Gasteiger partial charge in [-0.1, -0.05) is 11.6 Å². The lowest BCUT2D eigenvalue weighted by Gasteiger charge is -2.12. The number of aryl methyl sites for hydroxylation is 1. The summed E-state index contributed by atoms with van der Waals surface area (Å²) < 4.78 is 0. The lowest BCUT2D eigenvalue weighted by molar-refractivity contribution is 0.456. The minimum absolute atomic E-state index is 0.680. The molecule has 102 valence electrons. The van der Waals surface area contributed by atoms with Gasteiger partial charge in [0.1, 0.15) is 12.1 Å². The van der Waals surface area contributed by atoms with E-state index in [0.29, 0.717) is 6.04 Å². The quantitative estimate of drug-likeness (QED) is 0.904. The van der Waals surface area contributed by atoms with Gasteiger partial charge in [0.25, 0.3) is 0 Å². The Hall–Kier alpha value is -1.64. The maximum Gasteiger partial charge on any atom is 0.137 e. The first-order chi connectivity index (χ1) is 9.81. The number of benzene rings is 1. The smallest absolute Gasteiger partial charge is 0.137 e. The first-order valence-corrected chi connectivity index (χ1v) is 7.79. The van der Waals surface area contributed by atoms with Crippen molar-refractivity contribution in [3.63, 3.8) is 0 Å². The van der Waals surface area contributed by atoms with Crippen molar-refractivity contribution < 1.29 is 0 Å². The molecule has 1 aromatic carbocycles. The summed E-state index contributed by atoms with van der Waals surface area (Å²) in [4.78, 5) is 8.88.